The van der Waals surface area contributed by atoms with E-state index in [1.807, 2.05) is 0 Å². The molecule has 0 heterocycles. The Labute approximate surface area is 193 Å². The van der Waals surface area contributed by atoms with E-state index in [2.05, 4.69) is 40.9 Å². The number of rotatable bonds is 7. The Morgan fingerprint density at radius 1 is 1.13 bits per heavy atom. The zero-order valence-corrected chi connectivity index (χ0v) is 21.9. The average molecular weight is 447 g/mol. The molecular weight excluding hydrogens is 399 g/mol. The monoisotopic (exact) mass is 446 g/mol. The van der Waals surface area contributed by atoms with E-state index in [1.165, 1.54) is 51.4 Å². The molecule has 4 saturated carbocycles. The number of allylic oxidation sites excluding steroid dienone is 1. The van der Waals surface area contributed by atoms with Crippen LogP contribution in [0.2, 0.25) is 0 Å². The number of carbonyl (C=O) groups excluding carboxylic acids is 1. The molecule has 176 valence electrons. The van der Waals surface area contributed by atoms with Crippen LogP contribution in [0.4, 0.5) is 0 Å². The van der Waals surface area contributed by atoms with E-state index >= 15 is 0 Å². The molecule has 4 rings (SSSR count). The molecule has 0 aliphatic heterocycles. The van der Waals surface area contributed by atoms with Gasteiger partial charge in [0.25, 0.3) is 0 Å². The zero-order valence-electron chi connectivity index (χ0n) is 20.9. The van der Waals surface area contributed by atoms with E-state index < -0.39 is 0 Å². The Kier molecular flexibility index (Phi) is 6.85. The van der Waals surface area contributed by atoms with Crippen molar-refractivity contribution in [1.29, 1.82) is 0 Å². The molecule has 0 aromatic heterocycles. The Bertz CT molecular complexity index is 701. The number of carbonyl (C=O) groups is 1. The molecule has 0 aromatic rings. The van der Waals surface area contributed by atoms with E-state index in [9.17, 15) is 4.79 Å². The van der Waals surface area contributed by atoms with Crippen LogP contribution in [0.15, 0.2) is 12.2 Å². The molecule has 4 aliphatic carbocycles. The van der Waals surface area contributed by atoms with Crippen LogP contribution in [-0.4, -0.2) is 18.0 Å². The molecule has 0 N–H and O–H groups in total. The first-order valence-corrected chi connectivity index (χ1v) is 14.6. The van der Waals surface area contributed by atoms with Crippen molar-refractivity contribution >= 4 is 14.6 Å². The molecule has 6 unspecified atom stereocenters. The number of hydrogen-bond acceptors (Lipinski definition) is 2. The minimum absolute atomic E-state index is 0.178. The molecule has 0 spiro atoms. The second kappa shape index (κ2) is 8.87. The van der Waals surface area contributed by atoms with Gasteiger partial charge in [-0.05, 0) is 99.5 Å². The van der Waals surface area contributed by atoms with Crippen molar-refractivity contribution in [3.8, 4) is 0 Å². The predicted molar refractivity (Wildman–Crippen MR) is 133 cm³/mol. The largest absolute Gasteiger partial charge is 0.355 e. The quantitative estimate of drug-likeness (QED) is 0.293. The first kappa shape index (κ1) is 23.9. The summed E-state index contributed by atoms with van der Waals surface area (Å²) in [6.45, 7) is 16.6. The lowest BCUT2D eigenvalue weighted by molar-refractivity contribution is -0.188. The minimum Gasteiger partial charge on any atom is -0.355 e. The lowest BCUT2D eigenvalue weighted by atomic mass is 9.43. The fraction of sp³-hybridized carbons (Fsp3) is 0.893. The van der Waals surface area contributed by atoms with Gasteiger partial charge in [-0.1, -0.05) is 46.3 Å². The average Bonchev–Trinajstić information content (AvgIpc) is 3.06. The molecular formula is C28H47O2P. The molecule has 0 bridgehead atoms. The van der Waals surface area contributed by atoms with Gasteiger partial charge in [-0.2, -0.15) is 0 Å². The maximum absolute atomic E-state index is 12.5. The minimum atomic E-state index is -0.178. The summed E-state index contributed by atoms with van der Waals surface area (Å²) in [5.41, 5.74) is 2.01. The summed E-state index contributed by atoms with van der Waals surface area (Å²) >= 11 is 0. The van der Waals surface area contributed by atoms with Crippen molar-refractivity contribution in [3.63, 3.8) is 0 Å². The van der Waals surface area contributed by atoms with Crippen LogP contribution in [0.1, 0.15) is 105 Å². The van der Waals surface area contributed by atoms with Gasteiger partial charge in [-0.25, -0.2) is 0 Å². The first-order chi connectivity index (χ1) is 14.7. The van der Waals surface area contributed by atoms with Crippen molar-refractivity contribution in [1.82, 2.24) is 0 Å². The van der Waals surface area contributed by atoms with Crippen LogP contribution >= 0.6 is 8.81 Å². The topological polar surface area (TPSA) is 26.3 Å². The highest BCUT2D eigenvalue weighted by Gasteiger charge is 2.65. The maximum atomic E-state index is 12.5. The number of fused-ring (bicyclic) bond motifs is 5. The lowest BCUT2D eigenvalue weighted by Crippen LogP contribution is -2.62. The second-order valence-corrected chi connectivity index (χ2v) is 13.1. The SMILES string of the molecule is C=C(CCCC(C)C)C1CCC2C3CCC4(OPC)CC(=O)CC[C@]4(C)C3CC[C@]12C. The van der Waals surface area contributed by atoms with Crippen LogP contribution in [0.25, 0.3) is 0 Å². The fourth-order valence-electron chi connectivity index (χ4n) is 9.00. The van der Waals surface area contributed by atoms with E-state index in [0.29, 0.717) is 26.4 Å². The third kappa shape index (κ3) is 3.90. The van der Waals surface area contributed by atoms with Crippen molar-refractivity contribution < 1.29 is 9.32 Å². The summed E-state index contributed by atoms with van der Waals surface area (Å²) in [4.78, 5) is 12.5. The summed E-state index contributed by atoms with van der Waals surface area (Å²) in [6, 6.07) is 0. The summed E-state index contributed by atoms with van der Waals surface area (Å²) in [6.07, 6.45) is 14.2. The lowest BCUT2D eigenvalue weighted by Gasteiger charge is -2.64. The Morgan fingerprint density at radius 3 is 2.61 bits per heavy atom. The fourth-order valence-corrected chi connectivity index (χ4v) is 9.79. The summed E-state index contributed by atoms with van der Waals surface area (Å²) < 4.78 is 6.55. The summed E-state index contributed by atoms with van der Waals surface area (Å²) in [7, 11) is 0.483. The molecule has 4 fully saturated rings. The highest BCUT2D eigenvalue weighted by atomic mass is 31.1. The van der Waals surface area contributed by atoms with Gasteiger partial charge in [0.1, 0.15) is 5.78 Å². The molecule has 3 heteroatoms. The number of ketones is 1. The van der Waals surface area contributed by atoms with E-state index in [-0.39, 0.29) is 11.0 Å². The van der Waals surface area contributed by atoms with Crippen LogP contribution in [0, 0.1) is 40.4 Å². The Hall–Kier alpha value is -0.200. The molecule has 2 nitrogen and oxygen atoms in total. The second-order valence-electron chi connectivity index (χ2n) is 12.5. The van der Waals surface area contributed by atoms with E-state index in [0.717, 1.165) is 48.9 Å². The number of hydrogen-bond donors (Lipinski definition) is 0. The molecule has 0 amide bonds. The maximum Gasteiger partial charge on any atom is 0.135 e. The van der Waals surface area contributed by atoms with Crippen LogP contribution in [0.5, 0.6) is 0 Å². The van der Waals surface area contributed by atoms with Crippen LogP contribution in [-0.2, 0) is 9.32 Å². The van der Waals surface area contributed by atoms with Gasteiger partial charge >= 0.3 is 0 Å². The van der Waals surface area contributed by atoms with Crippen LogP contribution < -0.4 is 0 Å². The highest BCUT2D eigenvalue weighted by molar-refractivity contribution is 7.31. The molecule has 0 saturated heterocycles. The standard InChI is InChI=1S/C28H47O2P/c1-19(2)8-7-9-20(3)23-10-11-24-22-13-17-28(30-31-6)18-21(29)12-16-27(28,5)25(22)14-15-26(23,24)4/h19,22-25,31H,3,7-18H2,1-2,4-6H3/t22?,23?,24?,25?,26-,27-,28?/m1/s1. The third-order valence-electron chi connectivity index (χ3n) is 10.7. The normalized spacial score (nSPS) is 45.0. The van der Waals surface area contributed by atoms with E-state index in [4.69, 9.17) is 4.52 Å². The Balaban J connectivity index is 1.53. The number of Topliss-reactive ketones (excluding diaryl/α,β-unsaturated/α-hetero) is 1. The summed E-state index contributed by atoms with van der Waals surface area (Å²) in [5, 5.41) is 0. The molecule has 8 atom stereocenters. The van der Waals surface area contributed by atoms with Gasteiger partial charge in [0.2, 0.25) is 0 Å². The van der Waals surface area contributed by atoms with Gasteiger partial charge in [-0.15, -0.1) is 0 Å². The van der Waals surface area contributed by atoms with E-state index in [1.54, 1.807) is 5.57 Å². The van der Waals surface area contributed by atoms with Gasteiger partial charge in [-0.3, -0.25) is 4.79 Å². The van der Waals surface area contributed by atoms with Gasteiger partial charge in [0, 0.05) is 27.1 Å². The molecule has 0 radical (unpaired) electrons. The Morgan fingerprint density at radius 2 is 1.90 bits per heavy atom. The van der Waals surface area contributed by atoms with Crippen molar-refractivity contribution in [2.24, 2.45) is 40.4 Å². The van der Waals surface area contributed by atoms with Crippen LogP contribution in [0.3, 0.4) is 0 Å². The predicted octanol–water partition coefficient (Wildman–Crippen LogP) is 7.96. The van der Waals surface area contributed by atoms with Crippen molar-refractivity contribution in [2.75, 3.05) is 6.66 Å². The highest BCUT2D eigenvalue weighted by Crippen LogP contribution is 2.70. The molecule has 0 aromatic carbocycles. The van der Waals surface area contributed by atoms with Gasteiger partial charge < -0.3 is 4.52 Å². The first-order valence-electron chi connectivity index (χ1n) is 13.2. The molecule has 31 heavy (non-hydrogen) atoms. The smallest absolute Gasteiger partial charge is 0.135 e. The summed E-state index contributed by atoms with van der Waals surface area (Å²) in [5.74, 6) is 4.36. The third-order valence-corrected chi connectivity index (χ3v) is 11.2. The zero-order chi connectivity index (χ0) is 22.4. The van der Waals surface area contributed by atoms with Crippen molar-refractivity contribution in [3.05, 3.63) is 12.2 Å². The molecule has 4 aliphatic rings. The van der Waals surface area contributed by atoms with Gasteiger partial charge in [0.15, 0.2) is 0 Å². The van der Waals surface area contributed by atoms with Crippen molar-refractivity contribution in [2.45, 2.75) is 110 Å². The van der Waals surface area contributed by atoms with Gasteiger partial charge in [0.05, 0.1) is 5.60 Å².